The summed E-state index contributed by atoms with van der Waals surface area (Å²) in [6.45, 7) is 1.73. The molecule has 1 atom stereocenters. The van der Waals surface area contributed by atoms with Crippen LogP contribution in [0.5, 0.6) is 0 Å². The van der Waals surface area contributed by atoms with E-state index in [1.807, 2.05) is 0 Å². The van der Waals surface area contributed by atoms with E-state index in [9.17, 15) is 18.0 Å². The Kier molecular flexibility index (Phi) is 4.62. The van der Waals surface area contributed by atoms with Gasteiger partial charge in [-0.1, -0.05) is 12.1 Å². The molecule has 1 rings (SSSR count). The Labute approximate surface area is 108 Å². The number of hydrogen-bond acceptors (Lipinski definition) is 1. The van der Waals surface area contributed by atoms with Crippen molar-refractivity contribution in [2.75, 3.05) is 12.9 Å². The van der Waals surface area contributed by atoms with E-state index in [1.54, 1.807) is 14.0 Å². The number of hydrogen-bond donors (Lipinski definition) is 0. The van der Waals surface area contributed by atoms with Gasteiger partial charge in [0, 0.05) is 7.05 Å². The topological polar surface area (TPSA) is 20.3 Å². The minimum Gasteiger partial charge on any atom is -0.338 e. The molecule has 100 valence electrons. The van der Waals surface area contributed by atoms with Gasteiger partial charge in [-0.25, -0.2) is 0 Å². The normalized spacial score (nSPS) is 13.2. The van der Waals surface area contributed by atoms with Gasteiger partial charge < -0.3 is 4.90 Å². The Morgan fingerprint density at radius 1 is 1.33 bits per heavy atom. The maximum absolute atomic E-state index is 12.4. The van der Waals surface area contributed by atoms with Gasteiger partial charge in [-0.15, -0.1) is 11.6 Å². The van der Waals surface area contributed by atoms with E-state index >= 15 is 0 Å². The van der Waals surface area contributed by atoms with Crippen molar-refractivity contribution in [1.29, 1.82) is 0 Å². The molecule has 0 saturated carbocycles. The van der Waals surface area contributed by atoms with Crippen LogP contribution in [-0.4, -0.2) is 23.7 Å². The average Bonchev–Trinajstić information content (AvgIpc) is 2.35. The molecule has 1 aromatic rings. The fourth-order valence-corrected chi connectivity index (χ4v) is 1.67. The van der Waals surface area contributed by atoms with Crippen LogP contribution in [0.3, 0.4) is 0 Å². The van der Waals surface area contributed by atoms with Crippen LogP contribution in [0.2, 0.25) is 0 Å². The van der Waals surface area contributed by atoms with Crippen molar-refractivity contribution in [3.05, 3.63) is 35.4 Å². The van der Waals surface area contributed by atoms with Gasteiger partial charge in [0.25, 0.3) is 0 Å². The number of alkyl halides is 4. The number of rotatable bonds is 3. The smallest absolute Gasteiger partial charge is 0.338 e. The molecule has 18 heavy (non-hydrogen) atoms. The molecule has 6 heteroatoms. The van der Waals surface area contributed by atoms with Crippen molar-refractivity contribution < 1.29 is 18.0 Å². The van der Waals surface area contributed by atoms with E-state index in [0.717, 1.165) is 12.1 Å². The Morgan fingerprint density at radius 3 is 2.22 bits per heavy atom. The highest BCUT2D eigenvalue weighted by molar-refractivity contribution is 6.27. The van der Waals surface area contributed by atoms with Crippen molar-refractivity contribution in [2.24, 2.45) is 0 Å². The average molecular weight is 280 g/mol. The molecule has 1 amide bonds. The number of benzene rings is 1. The first kappa shape index (κ1) is 14.8. The second kappa shape index (κ2) is 5.61. The third kappa shape index (κ3) is 3.38. The zero-order valence-electron chi connectivity index (χ0n) is 9.96. The Hall–Kier alpha value is -1.23. The lowest BCUT2D eigenvalue weighted by Gasteiger charge is -2.24. The maximum atomic E-state index is 12.4. The van der Waals surface area contributed by atoms with Crippen LogP contribution < -0.4 is 0 Å². The maximum Gasteiger partial charge on any atom is 0.416 e. The van der Waals surface area contributed by atoms with Crippen molar-refractivity contribution >= 4 is 17.5 Å². The third-order valence-electron chi connectivity index (χ3n) is 2.81. The summed E-state index contributed by atoms with van der Waals surface area (Å²) in [5, 5.41) is 0. The van der Waals surface area contributed by atoms with Crippen molar-refractivity contribution in [3.8, 4) is 0 Å². The van der Waals surface area contributed by atoms with Crippen LogP contribution in [-0.2, 0) is 11.0 Å². The molecule has 0 aromatic heterocycles. The lowest BCUT2D eigenvalue weighted by molar-refractivity contribution is -0.137. The van der Waals surface area contributed by atoms with E-state index in [1.165, 1.54) is 17.0 Å². The summed E-state index contributed by atoms with van der Waals surface area (Å²) < 4.78 is 37.1. The molecule has 2 nitrogen and oxygen atoms in total. The number of carbonyl (C=O) groups is 1. The van der Waals surface area contributed by atoms with Crippen LogP contribution in [0.1, 0.15) is 24.1 Å². The molecule has 0 aliphatic rings. The lowest BCUT2D eigenvalue weighted by atomic mass is 10.0. The van der Waals surface area contributed by atoms with Gasteiger partial charge in [-0.3, -0.25) is 4.79 Å². The molecule has 1 aromatic carbocycles. The number of carbonyl (C=O) groups excluding carboxylic acids is 1. The molecule has 1 unspecified atom stereocenters. The second-order valence-electron chi connectivity index (χ2n) is 3.93. The minimum atomic E-state index is -4.35. The van der Waals surface area contributed by atoms with Crippen LogP contribution in [0.25, 0.3) is 0 Å². The number of nitrogens with zero attached hydrogens (tertiary/aromatic N) is 1. The van der Waals surface area contributed by atoms with Crippen molar-refractivity contribution in [3.63, 3.8) is 0 Å². The number of halogens is 4. The van der Waals surface area contributed by atoms with E-state index in [0.29, 0.717) is 5.56 Å². The second-order valence-corrected chi connectivity index (χ2v) is 4.20. The van der Waals surface area contributed by atoms with Gasteiger partial charge in [-0.2, -0.15) is 13.2 Å². The van der Waals surface area contributed by atoms with Gasteiger partial charge >= 0.3 is 6.18 Å². The highest BCUT2D eigenvalue weighted by Gasteiger charge is 2.30. The summed E-state index contributed by atoms with van der Waals surface area (Å²) in [7, 11) is 1.56. The lowest BCUT2D eigenvalue weighted by Crippen LogP contribution is -2.30. The molecule has 0 spiro atoms. The van der Waals surface area contributed by atoms with E-state index in [2.05, 4.69) is 0 Å². The summed E-state index contributed by atoms with van der Waals surface area (Å²) in [5.74, 6) is -0.425. The molecule has 0 heterocycles. The van der Waals surface area contributed by atoms with Crippen molar-refractivity contribution in [1.82, 2.24) is 4.90 Å². The fraction of sp³-hybridized carbons (Fsp3) is 0.417. The standard InChI is InChI=1S/C12H13ClF3NO/c1-8(17(2)11(18)7-13)9-3-5-10(6-4-9)12(14,15)16/h3-6,8H,7H2,1-2H3. The highest BCUT2D eigenvalue weighted by atomic mass is 35.5. The summed E-state index contributed by atoms with van der Waals surface area (Å²) in [5.41, 5.74) is -0.0752. The first-order valence-corrected chi connectivity index (χ1v) is 5.79. The Morgan fingerprint density at radius 2 is 1.83 bits per heavy atom. The minimum absolute atomic E-state index is 0.151. The molecule has 0 aliphatic carbocycles. The van der Waals surface area contributed by atoms with E-state index in [-0.39, 0.29) is 17.8 Å². The van der Waals surface area contributed by atoms with Crippen LogP contribution in [0.15, 0.2) is 24.3 Å². The molecule has 0 radical (unpaired) electrons. The molecule has 0 fully saturated rings. The zero-order valence-corrected chi connectivity index (χ0v) is 10.7. The first-order valence-electron chi connectivity index (χ1n) is 5.26. The molecule has 0 saturated heterocycles. The first-order chi connectivity index (χ1) is 8.27. The third-order valence-corrected chi connectivity index (χ3v) is 3.04. The van der Waals surface area contributed by atoms with Gasteiger partial charge in [-0.05, 0) is 24.6 Å². The summed E-state index contributed by atoms with van der Waals surface area (Å²) in [6, 6.07) is 4.42. The SMILES string of the molecule is CC(c1ccc(C(F)(F)F)cc1)N(C)C(=O)CCl. The van der Waals surface area contributed by atoms with Crippen molar-refractivity contribution in [2.45, 2.75) is 19.1 Å². The van der Waals surface area contributed by atoms with Gasteiger partial charge in [0.15, 0.2) is 0 Å². The van der Waals surface area contributed by atoms with Gasteiger partial charge in [0.1, 0.15) is 5.88 Å². The summed E-state index contributed by atoms with van der Waals surface area (Å²) >= 11 is 5.42. The van der Waals surface area contributed by atoms with Gasteiger partial charge in [0.2, 0.25) is 5.91 Å². The van der Waals surface area contributed by atoms with E-state index in [4.69, 9.17) is 11.6 Å². The Bertz CT molecular complexity index is 416. The molecule has 0 bridgehead atoms. The fourth-order valence-electron chi connectivity index (χ4n) is 1.48. The number of amides is 1. The van der Waals surface area contributed by atoms with Crippen LogP contribution in [0.4, 0.5) is 13.2 Å². The predicted octanol–water partition coefficient (Wildman–Crippen LogP) is 3.46. The van der Waals surface area contributed by atoms with Crippen LogP contribution in [0, 0.1) is 0 Å². The summed E-state index contributed by atoms with van der Waals surface area (Å²) in [6.07, 6.45) is -4.35. The largest absolute Gasteiger partial charge is 0.416 e. The molecular weight excluding hydrogens is 267 g/mol. The molecule has 0 aliphatic heterocycles. The van der Waals surface area contributed by atoms with Crippen LogP contribution >= 0.6 is 11.6 Å². The Balaban J connectivity index is 2.89. The molecular formula is C12H13ClF3NO. The zero-order chi connectivity index (χ0) is 13.9. The predicted molar refractivity (Wildman–Crippen MR) is 63.3 cm³/mol. The highest BCUT2D eigenvalue weighted by Crippen LogP contribution is 2.30. The quantitative estimate of drug-likeness (QED) is 0.776. The summed E-state index contributed by atoms with van der Waals surface area (Å²) in [4.78, 5) is 12.8. The van der Waals surface area contributed by atoms with E-state index < -0.39 is 11.7 Å². The molecule has 0 N–H and O–H groups in total. The monoisotopic (exact) mass is 279 g/mol. The van der Waals surface area contributed by atoms with Gasteiger partial charge in [0.05, 0.1) is 11.6 Å².